The molecule has 4 nitrogen and oxygen atoms in total. The molecule has 0 radical (unpaired) electrons. The zero-order valence-corrected chi connectivity index (χ0v) is 12.9. The Hall–Kier alpha value is -1.76. The van der Waals surface area contributed by atoms with Crippen LogP contribution in [0.1, 0.15) is 37.0 Å². The van der Waals surface area contributed by atoms with Crippen LogP contribution in [0.15, 0.2) is 22.7 Å². The number of halogens is 3. The van der Waals surface area contributed by atoms with Crippen molar-refractivity contribution in [1.29, 1.82) is 0 Å². The minimum absolute atomic E-state index is 0.114. The van der Waals surface area contributed by atoms with Crippen molar-refractivity contribution in [3.8, 4) is 11.5 Å². The summed E-state index contributed by atoms with van der Waals surface area (Å²) in [6.45, 7) is 2.33. The van der Waals surface area contributed by atoms with Gasteiger partial charge in [0.05, 0.1) is 12.1 Å². The van der Waals surface area contributed by atoms with E-state index in [0.717, 1.165) is 23.4 Å². The zero-order chi connectivity index (χ0) is 16.4. The molecule has 3 rings (SSSR count). The van der Waals surface area contributed by atoms with Crippen molar-refractivity contribution in [1.82, 2.24) is 15.5 Å². The first-order valence-electron chi connectivity index (χ1n) is 7.82. The Labute approximate surface area is 132 Å². The van der Waals surface area contributed by atoms with Crippen LogP contribution in [0.4, 0.5) is 13.2 Å². The molecular formula is C16H20F3N3O. The second-order valence-electron chi connectivity index (χ2n) is 6.16. The predicted molar refractivity (Wildman–Crippen MR) is 79.7 cm³/mol. The Morgan fingerprint density at radius 3 is 2.87 bits per heavy atom. The number of H-pyrrole nitrogens is 1. The molecule has 23 heavy (non-hydrogen) atoms. The van der Waals surface area contributed by atoms with Gasteiger partial charge in [0.2, 0.25) is 0 Å². The van der Waals surface area contributed by atoms with Crippen molar-refractivity contribution >= 4 is 0 Å². The summed E-state index contributed by atoms with van der Waals surface area (Å²) in [6.07, 6.45) is -0.630. The second kappa shape index (κ2) is 6.39. The molecule has 0 unspecified atom stereocenters. The maximum Gasteiger partial charge on any atom is 0.391 e. The Kier molecular flexibility index (Phi) is 4.48. The standard InChI is InChI=1S/C16H20F3N3O/c1-10-5-6-14(23-10)15-11(9-21-22-15)8-20-13-4-2-3-12(7-13)16(17,18)19/h5-6,9,12-13,20H,2-4,7-8H2,1H3,(H,21,22)/t12-,13-/m0/s1. The maximum absolute atomic E-state index is 12.9. The molecule has 126 valence electrons. The zero-order valence-electron chi connectivity index (χ0n) is 12.9. The second-order valence-corrected chi connectivity index (χ2v) is 6.16. The van der Waals surface area contributed by atoms with Crippen molar-refractivity contribution in [2.24, 2.45) is 5.92 Å². The first kappa shape index (κ1) is 16.1. The quantitative estimate of drug-likeness (QED) is 0.885. The van der Waals surface area contributed by atoms with Gasteiger partial charge in [-0.1, -0.05) is 6.42 Å². The van der Waals surface area contributed by atoms with Crippen LogP contribution < -0.4 is 5.32 Å². The van der Waals surface area contributed by atoms with Gasteiger partial charge in [-0.25, -0.2) is 0 Å². The van der Waals surface area contributed by atoms with Crippen LogP contribution in [0, 0.1) is 12.8 Å². The van der Waals surface area contributed by atoms with Crippen LogP contribution in [-0.2, 0) is 6.54 Å². The number of alkyl halides is 3. The number of rotatable bonds is 4. The van der Waals surface area contributed by atoms with E-state index < -0.39 is 12.1 Å². The Morgan fingerprint density at radius 1 is 1.35 bits per heavy atom. The Morgan fingerprint density at radius 2 is 2.17 bits per heavy atom. The third kappa shape index (κ3) is 3.77. The molecule has 1 aliphatic carbocycles. The van der Waals surface area contributed by atoms with Crippen LogP contribution in [0.2, 0.25) is 0 Å². The lowest BCUT2D eigenvalue weighted by molar-refractivity contribution is -0.183. The maximum atomic E-state index is 12.9. The summed E-state index contributed by atoms with van der Waals surface area (Å²) in [4.78, 5) is 0. The molecule has 0 bridgehead atoms. The lowest BCUT2D eigenvalue weighted by Crippen LogP contribution is -2.38. The molecule has 2 N–H and O–H groups in total. The largest absolute Gasteiger partial charge is 0.460 e. The molecule has 0 spiro atoms. The highest BCUT2D eigenvalue weighted by molar-refractivity contribution is 5.56. The molecule has 0 saturated heterocycles. The van der Waals surface area contributed by atoms with Crippen molar-refractivity contribution in [3.05, 3.63) is 29.7 Å². The fraction of sp³-hybridized carbons (Fsp3) is 0.562. The highest BCUT2D eigenvalue weighted by Crippen LogP contribution is 2.37. The first-order chi connectivity index (χ1) is 10.9. The van der Waals surface area contributed by atoms with Gasteiger partial charge in [-0.3, -0.25) is 5.10 Å². The van der Waals surface area contributed by atoms with E-state index in [4.69, 9.17) is 4.42 Å². The van der Waals surface area contributed by atoms with E-state index in [2.05, 4.69) is 15.5 Å². The van der Waals surface area contributed by atoms with Gasteiger partial charge in [0.25, 0.3) is 0 Å². The molecule has 0 amide bonds. The van der Waals surface area contributed by atoms with Crippen LogP contribution >= 0.6 is 0 Å². The topological polar surface area (TPSA) is 53.9 Å². The van der Waals surface area contributed by atoms with Gasteiger partial charge >= 0.3 is 6.18 Å². The summed E-state index contributed by atoms with van der Waals surface area (Å²) < 4.78 is 44.2. The molecule has 2 atom stereocenters. The van der Waals surface area contributed by atoms with Gasteiger partial charge in [-0.05, 0) is 38.3 Å². The molecule has 1 fully saturated rings. The van der Waals surface area contributed by atoms with E-state index in [1.54, 1.807) is 6.20 Å². The van der Waals surface area contributed by atoms with Crippen LogP contribution in [0.3, 0.4) is 0 Å². The van der Waals surface area contributed by atoms with E-state index in [9.17, 15) is 13.2 Å². The fourth-order valence-electron chi connectivity index (χ4n) is 3.15. The summed E-state index contributed by atoms with van der Waals surface area (Å²) in [5.74, 6) is 0.299. The van der Waals surface area contributed by atoms with Gasteiger partial charge in [0, 0.05) is 18.2 Å². The third-order valence-corrected chi connectivity index (χ3v) is 4.42. The van der Waals surface area contributed by atoms with Gasteiger partial charge in [-0.2, -0.15) is 18.3 Å². The smallest absolute Gasteiger partial charge is 0.391 e. The number of aromatic amines is 1. The normalized spacial score (nSPS) is 22.4. The Bertz CT molecular complexity index is 647. The summed E-state index contributed by atoms with van der Waals surface area (Å²) in [6, 6.07) is 3.60. The van der Waals surface area contributed by atoms with Crippen LogP contribution in [0.5, 0.6) is 0 Å². The van der Waals surface area contributed by atoms with E-state index in [-0.39, 0.29) is 18.9 Å². The summed E-state index contributed by atoms with van der Waals surface area (Å²) in [5, 5.41) is 10.2. The Balaban J connectivity index is 1.62. The van der Waals surface area contributed by atoms with Crippen LogP contribution in [0.25, 0.3) is 11.5 Å². The SMILES string of the molecule is Cc1ccc(-c2[nH]ncc2CN[C@H]2CCC[C@H](C(F)(F)F)C2)o1. The number of furan rings is 1. The lowest BCUT2D eigenvalue weighted by Gasteiger charge is -2.31. The molecular weight excluding hydrogens is 307 g/mol. The van der Waals surface area contributed by atoms with Gasteiger partial charge in [0.1, 0.15) is 11.5 Å². The number of nitrogens with one attached hydrogen (secondary N) is 2. The molecule has 1 aliphatic rings. The molecule has 7 heteroatoms. The monoisotopic (exact) mass is 327 g/mol. The van der Waals surface area contributed by atoms with Gasteiger partial charge in [0.15, 0.2) is 5.76 Å². The molecule has 2 heterocycles. The number of hydrogen-bond donors (Lipinski definition) is 2. The minimum Gasteiger partial charge on any atom is -0.460 e. The molecule has 1 saturated carbocycles. The molecule has 2 aromatic heterocycles. The fourth-order valence-corrected chi connectivity index (χ4v) is 3.15. The molecule has 0 aliphatic heterocycles. The summed E-state index contributed by atoms with van der Waals surface area (Å²) in [5.41, 5.74) is 1.67. The first-order valence-corrected chi connectivity index (χ1v) is 7.82. The average molecular weight is 327 g/mol. The van der Waals surface area contributed by atoms with E-state index in [0.29, 0.717) is 18.7 Å². The summed E-state index contributed by atoms with van der Waals surface area (Å²) >= 11 is 0. The van der Waals surface area contributed by atoms with E-state index in [1.807, 2.05) is 19.1 Å². The molecule has 2 aromatic rings. The van der Waals surface area contributed by atoms with Gasteiger partial charge in [-0.15, -0.1) is 0 Å². The van der Waals surface area contributed by atoms with Crippen LogP contribution in [-0.4, -0.2) is 22.4 Å². The summed E-state index contributed by atoms with van der Waals surface area (Å²) in [7, 11) is 0. The highest BCUT2D eigenvalue weighted by atomic mass is 19.4. The number of aromatic nitrogens is 2. The lowest BCUT2D eigenvalue weighted by atomic mass is 9.85. The highest BCUT2D eigenvalue weighted by Gasteiger charge is 2.42. The van der Waals surface area contributed by atoms with Crippen molar-refractivity contribution in [3.63, 3.8) is 0 Å². The van der Waals surface area contributed by atoms with Crippen molar-refractivity contribution < 1.29 is 17.6 Å². The molecule has 0 aromatic carbocycles. The van der Waals surface area contributed by atoms with Gasteiger partial charge < -0.3 is 9.73 Å². The predicted octanol–water partition coefficient (Wildman–Crippen LogP) is 4.19. The minimum atomic E-state index is -4.09. The number of aryl methyl sites for hydroxylation is 1. The third-order valence-electron chi connectivity index (χ3n) is 4.42. The number of hydrogen-bond acceptors (Lipinski definition) is 3. The number of nitrogens with zero attached hydrogens (tertiary/aromatic N) is 1. The average Bonchev–Trinajstić information content (AvgIpc) is 3.13. The van der Waals surface area contributed by atoms with E-state index in [1.165, 1.54) is 0 Å². The van der Waals surface area contributed by atoms with Crippen molar-refractivity contribution in [2.45, 2.75) is 51.4 Å². The van der Waals surface area contributed by atoms with E-state index >= 15 is 0 Å². The van der Waals surface area contributed by atoms with Crippen molar-refractivity contribution in [2.75, 3.05) is 0 Å².